The number of hydrogen-bond acceptors (Lipinski definition) is 2. The second-order valence-electron chi connectivity index (χ2n) is 3.79. The first-order valence-electron chi connectivity index (χ1n) is 5.96. The molecule has 0 saturated carbocycles. The van der Waals surface area contributed by atoms with Crippen LogP contribution in [0.5, 0.6) is 5.75 Å². The van der Waals surface area contributed by atoms with Gasteiger partial charge in [-0.3, -0.25) is 4.79 Å². The van der Waals surface area contributed by atoms with Crippen molar-refractivity contribution in [3.8, 4) is 5.75 Å². The zero-order valence-corrected chi connectivity index (χ0v) is 10.7. The number of rotatable bonds is 6. The molecule has 0 aliphatic heterocycles. The van der Waals surface area contributed by atoms with E-state index in [-0.39, 0.29) is 11.7 Å². The standard InChI is InChI=1S/C14H18FNO2/c1-3-18-13-8-7-12(14(15)10-13)6-4-5-9-16-11(2)17/h4,6-8,10H,3,5,9H2,1-2H3,(H,16,17). The van der Waals surface area contributed by atoms with Crippen LogP contribution in [0.3, 0.4) is 0 Å². The molecule has 0 atom stereocenters. The number of hydrogen-bond donors (Lipinski definition) is 1. The first-order chi connectivity index (χ1) is 8.63. The fraction of sp³-hybridized carbons (Fsp3) is 0.357. The van der Waals surface area contributed by atoms with Gasteiger partial charge in [0.2, 0.25) is 5.91 Å². The van der Waals surface area contributed by atoms with Crippen molar-refractivity contribution in [1.29, 1.82) is 0 Å². The molecule has 0 heterocycles. The van der Waals surface area contributed by atoms with Gasteiger partial charge < -0.3 is 10.1 Å². The fourth-order valence-electron chi connectivity index (χ4n) is 1.44. The van der Waals surface area contributed by atoms with Crippen LogP contribution in [0.1, 0.15) is 25.8 Å². The molecule has 0 aliphatic carbocycles. The molecule has 0 spiro atoms. The lowest BCUT2D eigenvalue weighted by Gasteiger charge is -2.04. The number of ether oxygens (including phenoxy) is 1. The van der Waals surface area contributed by atoms with E-state index in [0.29, 0.717) is 30.9 Å². The van der Waals surface area contributed by atoms with Crippen molar-refractivity contribution in [2.45, 2.75) is 20.3 Å². The van der Waals surface area contributed by atoms with E-state index in [9.17, 15) is 9.18 Å². The van der Waals surface area contributed by atoms with Crippen molar-refractivity contribution in [2.24, 2.45) is 0 Å². The Bertz CT molecular complexity index is 430. The average molecular weight is 251 g/mol. The Hall–Kier alpha value is -1.84. The molecule has 0 bridgehead atoms. The van der Waals surface area contributed by atoms with Crippen LogP contribution in [0.25, 0.3) is 6.08 Å². The van der Waals surface area contributed by atoms with Crippen LogP contribution in [-0.4, -0.2) is 19.1 Å². The van der Waals surface area contributed by atoms with Crippen molar-refractivity contribution in [3.05, 3.63) is 35.7 Å². The average Bonchev–Trinajstić information content (AvgIpc) is 2.31. The van der Waals surface area contributed by atoms with Crippen LogP contribution in [0.15, 0.2) is 24.3 Å². The maximum absolute atomic E-state index is 13.6. The number of benzene rings is 1. The summed E-state index contributed by atoms with van der Waals surface area (Å²) in [6, 6.07) is 4.78. The van der Waals surface area contributed by atoms with E-state index >= 15 is 0 Å². The van der Waals surface area contributed by atoms with Crippen LogP contribution in [0.4, 0.5) is 4.39 Å². The Kier molecular flexibility index (Phi) is 5.91. The Morgan fingerprint density at radius 3 is 2.89 bits per heavy atom. The quantitative estimate of drug-likeness (QED) is 0.789. The Labute approximate surface area is 107 Å². The van der Waals surface area contributed by atoms with E-state index in [4.69, 9.17) is 4.74 Å². The molecular weight excluding hydrogens is 233 g/mol. The number of carbonyl (C=O) groups excluding carboxylic acids is 1. The molecule has 1 rings (SSSR count). The summed E-state index contributed by atoms with van der Waals surface area (Å²) in [5.74, 6) is 0.165. The van der Waals surface area contributed by atoms with Crippen LogP contribution in [-0.2, 0) is 4.79 Å². The third-order valence-electron chi connectivity index (χ3n) is 2.27. The minimum atomic E-state index is -0.309. The lowest BCUT2D eigenvalue weighted by Crippen LogP contribution is -2.20. The van der Waals surface area contributed by atoms with Gasteiger partial charge >= 0.3 is 0 Å². The second-order valence-corrected chi connectivity index (χ2v) is 3.79. The number of carbonyl (C=O) groups is 1. The highest BCUT2D eigenvalue weighted by Gasteiger charge is 2.00. The van der Waals surface area contributed by atoms with Crippen molar-refractivity contribution in [3.63, 3.8) is 0 Å². The van der Waals surface area contributed by atoms with Gasteiger partial charge in [-0.25, -0.2) is 4.39 Å². The van der Waals surface area contributed by atoms with Gasteiger partial charge in [0, 0.05) is 25.1 Å². The predicted octanol–water partition coefficient (Wildman–Crippen LogP) is 2.76. The highest BCUT2D eigenvalue weighted by molar-refractivity contribution is 5.72. The third kappa shape index (κ3) is 4.99. The molecule has 98 valence electrons. The monoisotopic (exact) mass is 251 g/mol. The molecular formula is C14H18FNO2. The minimum Gasteiger partial charge on any atom is -0.494 e. The zero-order chi connectivity index (χ0) is 13.4. The Balaban J connectivity index is 2.51. The highest BCUT2D eigenvalue weighted by atomic mass is 19.1. The van der Waals surface area contributed by atoms with Crippen LogP contribution < -0.4 is 10.1 Å². The lowest BCUT2D eigenvalue weighted by atomic mass is 10.2. The van der Waals surface area contributed by atoms with Crippen molar-refractivity contribution >= 4 is 12.0 Å². The van der Waals surface area contributed by atoms with E-state index in [2.05, 4.69) is 5.32 Å². The van der Waals surface area contributed by atoms with Gasteiger partial charge in [0.15, 0.2) is 0 Å². The van der Waals surface area contributed by atoms with Gasteiger partial charge in [0.25, 0.3) is 0 Å². The summed E-state index contributed by atoms with van der Waals surface area (Å²) in [6.45, 7) is 4.40. The maximum Gasteiger partial charge on any atom is 0.216 e. The summed E-state index contributed by atoms with van der Waals surface area (Å²) in [5.41, 5.74) is 0.515. The molecule has 1 amide bonds. The summed E-state index contributed by atoms with van der Waals surface area (Å²) in [4.78, 5) is 10.6. The van der Waals surface area contributed by atoms with Crippen molar-refractivity contribution in [1.82, 2.24) is 5.32 Å². The minimum absolute atomic E-state index is 0.0596. The molecule has 0 aliphatic rings. The summed E-state index contributed by atoms with van der Waals surface area (Å²) < 4.78 is 18.8. The van der Waals surface area contributed by atoms with Crippen molar-refractivity contribution < 1.29 is 13.9 Å². The van der Waals surface area contributed by atoms with E-state index in [1.807, 2.05) is 13.0 Å². The summed E-state index contributed by atoms with van der Waals surface area (Å²) >= 11 is 0. The van der Waals surface area contributed by atoms with Crippen LogP contribution in [0.2, 0.25) is 0 Å². The first-order valence-corrected chi connectivity index (χ1v) is 5.96. The SMILES string of the molecule is CCOc1ccc(C=CCCNC(C)=O)c(F)c1. The van der Waals surface area contributed by atoms with Crippen LogP contribution in [0, 0.1) is 5.82 Å². The van der Waals surface area contributed by atoms with E-state index in [1.165, 1.54) is 13.0 Å². The Morgan fingerprint density at radius 2 is 2.28 bits per heavy atom. The highest BCUT2D eigenvalue weighted by Crippen LogP contribution is 2.17. The van der Waals surface area contributed by atoms with Gasteiger partial charge in [-0.05, 0) is 25.5 Å². The van der Waals surface area contributed by atoms with E-state index in [1.54, 1.807) is 18.2 Å². The summed E-state index contributed by atoms with van der Waals surface area (Å²) in [5, 5.41) is 2.67. The number of halogens is 1. The fourth-order valence-corrected chi connectivity index (χ4v) is 1.44. The summed E-state index contributed by atoms with van der Waals surface area (Å²) in [6.07, 6.45) is 4.20. The molecule has 1 N–H and O–H groups in total. The molecule has 0 fully saturated rings. The smallest absolute Gasteiger partial charge is 0.216 e. The van der Waals surface area contributed by atoms with E-state index < -0.39 is 0 Å². The predicted molar refractivity (Wildman–Crippen MR) is 69.9 cm³/mol. The Morgan fingerprint density at radius 1 is 1.50 bits per heavy atom. The van der Waals surface area contributed by atoms with Gasteiger partial charge in [0.1, 0.15) is 11.6 Å². The lowest BCUT2D eigenvalue weighted by molar-refractivity contribution is -0.118. The molecule has 4 heteroatoms. The van der Waals surface area contributed by atoms with Gasteiger partial charge in [-0.15, -0.1) is 0 Å². The topological polar surface area (TPSA) is 38.3 Å². The van der Waals surface area contributed by atoms with Gasteiger partial charge in [0.05, 0.1) is 6.61 Å². The molecule has 18 heavy (non-hydrogen) atoms. The third-order valence-corrected chi connectivity index (χ3v) is 2.27. The normalized spacial score (nSPS) is 10.6. The maximum atomic E-state index is 13.6. The molecule has 1 aromatic carbocycles. The van der Waals surface area contributed by atoms with Crippen LogP contribution >= 0.6 is 0 Å². The molecule has 0 unspecified atom stereocenters. The molecule has 3 nitrogen and oxygen atoms in total. The number of amides is 1. The molecule has 1 aromatic rings. The molecule has 0 aromatic heterocycles. The number of nitrogens with one attached hydrogen (secondary N) is 1. The summed E-state index contributed by atoms with van der Waals surface area (Å²) in [7, 11) is 0. The molecule has 0 saturated heterocycles. The largest absolute Gasteiger partial charge is 0.494 e. The molecule has 0 radical (unpaired) electrons. The van der Waals surface area contributed by atoms with Crippen molar-refractivity contribution in [2.75, 3.05) is 13.2 Å². The first kappa shape index (κ1) is 14.2. The zero-order valence-electron chi connectivity index (χ0n) is 10.7. The van der Waals surface area contributed by atoms with Gasteiger partial charge in [-0.2, -0.15) is 0 Å². The van der Waals surface area contributed by atoms with Gasteiger partial charge in [-0.1, -0.05) is 12.2 Å². The van der Waals surface area contributed by atoms with E-state index in [0.717, 1.165) is 0 Å². The second kappa shape index (κ2) is 7.48.